The van der Waals surface area contributed by atoms with Gasteiger partial charge in [0, 0.05) is 24.5 Å². The molecule has 0 radical (unpaired) electrons. The SMILES string of the molecule is Cc1ccc(CN(C)CCN=[N+]=[N-])cc1. The summed E-state index contributed by atoms with van der Waals surface area (Å²) in [5, 5.41) is 3.51. The van der Waals surface area contributed by atoms with Crippen LogP contribution < -0.4 is 0 Å². The fraction of sp³-hybridized carbons (Fsp3) is 0.455. The summed E-state index contributed by atoms with van der Waals surface area (Å²) in [6.45, 7) is 4.28. The van der Waals surface area contributed by atoms with E-state index in [2.05, 4.69) is 46.1 Å². The molecule has 4 heteroatoms. The van der Waals surface area contributed by atoms with Gasteiger partial charge in [0.25, 0.3) is 0 Å². The zero-order valence-corrected chi connectivity index (χ0v) is 9.22. The second kappa shape index (κ2) is 6.06. The molecular weight excluding hydrogens is 188 g/mol. The zero-order chi connectivity index (χ0) is 11.1. The van der Waals surface area contributed by atoms with E-state index in [0.29, 0.717) is 6.54 Å². The first-order chi connectivity index (χ1) is 7.22. The standard InChI is InChI=1S/C11H16N4/c1-10-3-5-11(6-4-10)9-15(2)8-7-13-14-12/h3-6H,7-9H2,1-2H3. The molecule has 0 unspecified atom stereocenters. The Labute approximate surface area is 90.1 Å². The van der Waals surface area contributed by atoms with Crippen LogP contribution in [0.2, 0.25) is 0 Å². The van der Waals surface area contributed by atoms with Gasteiger partial charge in [-0.3, -0.25) is 0 Å². The molecule has 0 bridgehead atoms. The first-order valence-electron chi connectivity index (χ1n) is 4.97. The predicted octanol–water partition coefficient (Wildman–Crippen LogP) is 2.74. The Bertz CT molecular complexity index is 338. The highest BCUT2D eigenvalue weighted by Crippen LogP contribution is 2.05. The minimum absolute atomic E-state index is 0.527. The number of rotatable bonds is 5. The average molecular weight is 204 g/mol. The van der Waals surface area contributed by atoms with Crippen LogP contribution in [0.25, 0.3) is 10.4 Å². The van der Waals surface area contributed by atoms with Crippen molar-refractivity contribution in [3.8, 4) is 0 Å². The molecule has 4 nitrogen and oxygen atoms in total. The summed E-state index contributed by atoms with van der Waals surface area (Å²) in [4.78, 5) is 4.86. The molecule has 0 aromatic heterocycles. The molecule has 0 spiro atoms. The van der Waals surface area contributed by atoms with Crippen molar-refractivity contribution in [2.45, 2.75) is 13.5 Å². The lowest BCUT2D eigenvalue weighted by molar-refractivity contribution is 0.336. The van der Waals surface area contributed by atoms with Crippen molar-refractivity contribution >= 4 is 0 Å². The van der Waals surface area contributed by atoms with E-state index < -0.39 is 0 Å². The number of hydrogen-bond acceptors (Lipinski definition) is 2. The van der Waals surface area contributed by atoms with Crippen LogP contribution in [0.4, 0.5) is 0 Å². The second-order valence-corrected chi connectivity index (χ2v) is 3.68. The van der Waals surface area contributed by atoms with Crippen LogP contribution in [0.1, 0.15) is 11.1 Å². The summed E-state index contributed by atoms with van der Waals surface area (Å²) >= 11 is 0. The van der Waals surface area contributed by atoms with Crippen LogP contribution in [0.3, 0.4) is 0 Å². The molecule has 0 aliphatic rings. The van der Waals surface area contributed by atoms with E-state index in [-0.39, 0.29) is 0 Å². The Morgan fingerprint density at radius 2 is 2.00 bits per heavy atom. The third-order valence-corrected chi connectivity index (χ3v) is 2.22. The van der Waals surface area contributed by atoms with Crippen LogP contribution in [-0.2, 0) is 6.54 Å². The molecule has 0 fully saturated rings. The Morgan fingerprint density at radius 3 is 2.60 bits per heavy atom. The van der Waals surface area contributed by atoms with Gasteiger partial charge in [0.15, 0.2) is 0 Å². The highest BCUT2D eigenvalue weighted by molar-refractivity contribution is 5.21. The molecule has 15 heavy (non-hydrogen) atoms. The quantitative estimate of drug-likeness (QED) is 0.413. The van der Waals surface area contributed by atoms with Crippen molar-refractivity contribution < 1.29 is 0 Å². The molecule has 1 aromatic rings. The molecule has 0 heterocycles. The van der Waals surface area contributed by atoms with E-state index in [0.717, 1.165) is 13.1 Å². The second-order valence-electron chi connectivity index (χ2n) is 3.68. The number of nitrogens with zero attached hydrogens (tertiary/aromatic N) is 4. The minimum Gasteiger partial charge on any atom is -0.302 e. The normalized spacial score (nSPS) is 10.1. The smallest absolute Gasteiger partial charge is 0.0385 e. The van der Waals surface area contributed by atoms with Crippen LogP contribution in [0, 0.1) is 6.92 Å². The lowest BCUT2D eigenvalue weighted by Gasteiger charge is -2.15. The zero-order valence-electron chi connectivity index (χ0n) is 9.22. The van der Waals surface area contributed by atoms with Crippen LogP contribution in [0.15, 0.2) is 29.4 Å². The fourth-order valence-corrected chi connectivity index (χ4v) is 1.34. The molecule has 0 atom stereocenters. The van der Waals surface area contributed by atoms with Crippen molar-refractivity contribution in [2.75, 3.05) is 20.1 Å². The molecule has 0 saturated heterocycles. The van der Waals surface area contributed by atoms with Gasteiger partial charge in [-0.1, -0.05) is 34.9 Å². The lowest BCUT2D eigenvalue weighted by atomic mass is 10.1. The lowest BCUT2D eigenvalue weighted by Crippen LogP contribution is -2.20. The van der Waals surface area contributed by atoms with Gasteiger partial charge in [0.05, 0.1) is 0 Å². The summed E-state index contributed by atoms with van der Waals surface area (Å²) in [5.74, 6) is 0. The van der Waals surface area contributed by atoms with Crippen molar-refractivity contribution in [3.63, 3.8) is 0 Å². The Kier molecular flexibility index (Phi) is 4.68. The topological polar surface area (TPSA) is 52.0 Å². The van der Waals surface area contributed by atoms with E-state index in [1.807, 2.05) is 7.05 Å². The van der Waals surface area contributed by atoms with Crippen molar-refractivity contribution in [3.05, 3.63) is 45.8 Å². The van der Waals surface area contributed by atoms with E-state index in [9.17, 15) is 0 Å². The Balaban J connectivity index is 2.40. The van der Waals surface area contributed by atoms with E-state index >= 15 is 0 Å². The molecule has 0 aliphatic heterocycles. The van der Waals surface area contributed by atoms with Gasteiger partial charge >= 0.3 is 0 Å². The summed E-state index contributed by atoms with van der Waals surface area (Å²) in [7, 11) is 2.02. The average Bonchev–Trinajstić information content (AvgIpc) is 2.22. The summed E-state index contributed by atoms with van der Waals surface area (Å²) < 4.78 is 0. The van der Waals surface area contributed by atoms with Crippen molar-refractivity contribution in [1.82, 2.24) is 4.90 Å². The first kappa shape index (κ1) is 11.6. The van der Waals surface area contributed by atoms with Gasteiger partial charge < -0.3 is 4.90 Å². The molecule has 0 amide bonds. The number of benzene rings is 1. The van der Waals surface area contributed by atoms with Gasteiger partial charge in [-0.05, 0) is 25.1 Å². The van der Waals surface area contributed by atoms with Gasteiger partial charge in [-0.15, -0.1) is 0 Å². The van der Waals surface area contributed by atoms with Gasteiger partial charge in [0.1, 0.15) is 0 Å². The predicted molar refractivity (Wildman–Crippen MR) is 61.5 cm³/mol. The van der Waals surface area contributed by atoms with Crippen molar-refractivity contribution in [2.24, 2.45) is 5.11 Å². The number of azide groups is 1. The highest BCUT2D eigenvalue weighted by atomic mass is 15.2. The Hall–Kier alpha value is -1.51. The maximum Gasteiger partial charge on any atom is 0.0385 e. The molecule has 1 aromatic carbocycles. The van der Waals surface area contributed by atoms with E-state index in [1.165, 1.54) is 11.1 Å². The first-order valence-corrected chi connectivity index (χ1v) is 4.97. The van der Waals surface area contributed by atoms with E-state index in [1.54, 1.807) is 0 Å². The molecule has 0 aliphatic carbocycles. The van der Waals surface area contributed by atoms with Crippen molar-refractivity contribution in [1.29, 1.82) is 0 Å². The van der Waals surface area contributed by atoms with Crippen LogP contribution in [-0.4, -0.2) is 25.0 Å². The number of likely N-dealkylation sites (N-methyl/N-ethyl adjacent to an activating group) is 1. The maximum absolute atomic E-state index is 8.14. The van der Waals surface area contributed by atoms with Gasteiger partial charge in [-0.25, -0.2) is 0 Å². The fourth-order valence-electron chi connectivity index (χ4n) is 1.34. The molecule has 0 N–H and O–H groups in total. The van der Waals surface area contributed by atoms with Crippen LogP contribution >= 0.6 is 0 Å². The minimum atomic E-state index is 0.527. The number of aryl methyl sites for hydroxylation is 1. The van der Waals surface area contributed by atoms with Gasteiger partial charge in [-0.2, -0.15) is 0 Å². The molecule has 0 saturated carbocycles. The number of hydrogen-bond donors (Lipinski definition) is 0. The molecule has 80 valence electrons. The molecule has 1 rings (SSSR count). The summed E-state index contributed by atoms with van der Waals surface area (Å²) in [6.07, 6.45) is 0. The van der Waals surface area contributed by atoms with Gasteiger partial charge in [0.2, 0.25) is 0 Å². The van der Waals surface area contributed by atoms with E-state index in [4.69, 9.17) is 5.53 Å². The third kappa shape index (κ3) is 4.49. The summed E-state index contributed by atoms with van der Waals surface area (Å²) in [6, 6.07) is 8.46. The summed E-state index contributed by atoms with van der Waals surface area (Å²) in [5.41, 5.74) is 10.7. The monoisotopic (exact) mass is 204 g/mol. The Morgan fingerprint density at radius 1 is 1.33 bits per heavy atom. The highest BCUT2D eigenvalue weighted by Gasteiger charge is 1.98. The largest absolute Gasteiger partial charge is 0.302 e. The van der Waals surface area contributed by atoms with Crippen LogP contribution in [0.5, 0.6) is 0 Å². The maximum atomic E-state index is 8.14. The third-order valence-electron chi connectivity index (χ3n) is 2.22. The molecular formula is C11H16N4.